The van der Waals surface area contributed by atoms with Gasteiger partial charge in [-0.05, 0) is 30.4 Å². The zero-order valence-electron chi connectivity index (χ0n) is 14.0. The average Bonchev–Trinajstić information content (AvgIpc) is 2.61. The Bertz CT molecular complexity index is 794. The number of carbonyl (C=O) groups excluding carboxylic acids is 1. The lowest BCUT2D eigenvalue weighted by molar-refractivity contribution is 0.0692. The molecule has 0 aliphatic heterocycles. The fourth-order valence-corrected chi connectivity index (χ4v) is 3.37. The van der Waals surface area contributed by atoms with E-state index in [1.807, 2.05) is 12.1 Å². The first-order valence-corrected chi connectivity index (χ1v) is 8.63. The lowest BCUT2D eigenvalue weighted by Gasteiger charge is -2.29. The Morgan fingerprint density at radius 1 is 1.20 bits per heavy atom. The zero-order chi connectivity index (χ0) is 17.6. The van der Waals surface area contributed by atoms with Crippen LogP contribution in [0.3, 0.4) is 0 Å². The molecule has 2 aromatic rings. The lowest BCUT2D eigenvalue weighted by atomic mass is 9.89. The van der Waals surface area contributed by atoms with Gasteiger partial charge in [-0.15, -0.1) is 0 Å². The van der Waals surface area contributed by atoms with Crippen LogP contribution in [0.2, 0.25) is 0 Å². The smallest absolute Gasteiger partial charge is 0.326 e. The van der Waals surface area contributed by atoms with Crippen LogP contribution >= 0.6 is 0 Å². The molecule has 2 aromatic heterocycles. The summed E-state index contributed by atoms with van der Waals surface area (Å²) < 4.78 is 0. The van der Waals surface area contributed by atoms with Crippen molar-refractivity contribution in [2.45, 2.75) is 38.6 Å². The molecule has 1 aliphatic rings. The van der Waals surface area contributed by atoms with E-state index in [-0.39, 0.29) is 11.6 Å². The summed E-state index contributed by atoms with van der Waals surface area (Å²) >= 11 is 0. The van der Waals surface area contributed by atoms with E-state index < -0.39 is 11.2 Å². The number of nitrogens with zero attached hydrogens (tertiary/aromatic N) is 2. The highest BCUT2D eigenvalue weighted by Crippen LogP contribution is 2.25. The fraction of sp³-hybridized carbons (Fsp3) is 0.444. The van der Waals surface area contributed by atoms with Crippen LogP contribution in [0.5, 0.6) is 0 Å². The number of hydrogen-bond acceptors (Lipinski definition) is 4. The number of aromatic nitrogens is 3. The minimum atomic E-state index is -0.671. The van der Waals surface area contributed by atoms with Crippen LogP contribution < -0.4 is 11.2 Å². The van der Waals surface area contributed by atoms with Gasteiger partial charge in [-0.3, -0.25) is 19.6 Å². The number of aromatic amines is 2. The number of H-pyrrole nitrogens is 2. The SMILES string of the molecule is O=C(c1cc(=O)[nH]c(=O)[nH]1)N(Cc1cccnc1)CC1CCCCC1. The molecule has 0 radical (unpaired) electrons. The maximum absolute atomic E-state index is 12.9. The number of hydrogen-bond donors (Lipinski definition) is 2. The van der Waals surface area contributed by atoms with Gasteiger partial charge in [0, 0.05) is 31.5 Å². The van der Waals surface area contributed by atoms with E-state index in [0.29, 0.717) is 19.0 Å². The van der Waals surface area contributed by atoms with Crippen molar-refractivity contribution in [3.05, 3.63) is 62.7 Å². The molecule has 1 amide bonds. The van der Waals surface area contributed by atoms with Gasteiger partial charge in [-0.25, -0.2) is 4.79 Å². The minimum absolute atomic E-state index is 0.0217. The highest BCUT2D eigenvalue weighted by atomic mass is 16.2. The first-order chi connectivity index (χ1) is 12.1. The van der Waals surface area contributed by atoms with Crippen LogP contribution in [0.4, 0.5) is 0 Å². The lowest BCUT2D eigenvalue weighted by Crippen LogP contribution is -2.38. The third-order valence-corrected chi connectivity index (χ3v) is 4.58. The Labute approximate surface area is 145 Å². The summed E-state index contributed by atoms with van der Waals surface area (Å²) in [6.07, 6.45) is 9.22. The van der Waals surface area contributed by atoms with E-state index in [1.54, 1.807) is 17.3 Å². The molecule has 1 saturated carbocycles. The van der Waals surface area contributed by atoms with Gasteiger partial charge in [0.05, 0.1) is 0 Å². The summed E-state index contributed by atoms with van der Waals surface area (Å²) in [6, 6.07) is 4.88. The van der Waals surface area contributed by atoms with Gasteiger partial charge in [0.2, 0.25) is 0 Å². The summed E-state index contributed by atoms with van der Waals surface area (Å²) in [5, 5.41) is 0. The summed E-state index contributed by atoms with van der Waals surface area (Å²) in [4.78, 5) is 46.3. The number of carbonyl (C=O) groups is 1. The molecule has 0 unspecified atom stereocenters. The second-order valence-electron chi connectivity index (χ2n) is 6.55. The van der Waals surface area contributed by atoms with Gasteiger partial charge in [0.15, 0.2) is 0 Å². The maximum atomic E-state index is 12.9. The van der Waals surface area contributed by atoms with Crippen LogP contribution in [0, 0.1) is 5.92 Å². The molecule has 0 aromatic carbocycles. The molecule has 7 heteroatoms. The van der Waals surface area contributed by atoms with Gasteiger partial charge >= 0.3 is 5.69 Å². The van der Waals surface area contributed by atoms with Gasteiger partial charge in [-0.2, -0.15) is 0 Å². The van der Waals surface area contributed by atoms with Gasteiger partial charge in [-0.1, -0.05) is 25.3 Å². The third-order valence-electron chi connectivity index (χ3n) is 4.58. The molecule has 0 spiro atoms. The molecule has 3 rings (SSSR count). The molecule has 2 heterocycles. The Morgan fingerprint density at radius 2 is 2.00 bits per heavy atom. The van der Waals surface area contributed by atoms with Crippen molar-refractivity contribution in [1.82, 2.24) is 19.9 Å². The Morgan fingerprint density at radius 3 is 2.68 bits per heavy atom. The van der Waals surface area contributed by atoms with Crippen LogP contribution in [0.15, 0.2) is 40.2 Å². The normalized spacial score (nSPS) is 15.0. The van der Waals surface area contributed by atoms with Crippen molar-refractivity contribution in [1.29, 1.82) is 0 Å². The van der Waals surface area contributed by atoms with Crippen molar-refractivity contribution in [2.24, 2.45) is 5.92 Å². The third kappa shape index (κ3) is 4.65. The van der Waals surface area contributed by atoms with Gasteiger partial charge in [0.1, 0.15) is 5.69 Å². The number of nitrogens with one attached hydrogen (secondary N) is 2. The van der Waals surface area contributed by atoms with Gasteiger partial charge in [0.25, 0.3) is 11.5 Å². The summed E-state index contributed by atoms with van der Waals surface area (Å²) in [7, 11) is 0. The number of pyridine rings is 1. The molecular weight excluding hydrogens is 320 g/mol. The second kappa shape index (κ2) is 7.92. The Kier molecular flexibility index (Phi) is 5.42. The van der Waals surface area contributed by atoms with E-state index in [2.05, 4.69) is 15.0 Å². The van der Waals surface area contributed by atoms with E-state index in [4.69, 9.17) is 0 Å². The first kappa shape index (κ1) is 17.1. The molecule has 0 bridgehead atoms. The second-order valence-corrected chi connectivity index (χ2v) is 6.55. The molecule has 0 atom stereocenters. The molecule has 1 fully saturated rings. The van der Waals surface area contributed by atoms with E-state index >= 15 is 0 Å². The van der Waals surface area contributed by atoms with Crippen LogP contribution in [-0.2, 0) is 6.54 Å². The maximum Gasteiger partial charge on any atom is 0.326 e. The van der Waals surface area contributed by atoms with Crippen molar-refractivity contribution >= 4 is 5.91 Å². The van der Waals surface area contributed by atoms with Crippen LogP contribution in [0.1, 0.15) is 48.2 Å². The van der Waals surface area contributed by atoms with Gasteiger partial charge < -0.3 is 9.88 Å². The van der Waals surface area contributed by atoms with Crippen molar-refractivity contribution in [2.75, 3.05) is 6.54 Å². The Hall–Kier alpha value is -2.70. The molecule has 25 heavy (non-hydrogen) atoms. The van der Waals surface area contributed by atoms with Crippen LogP contribution in [0.25, 0.3) is 0 Å². The summed E-state index contributed by atoms with van der Waals surface area (Å²) in [5.74, 6) is 0.112. The molecule has 2 N–H and O–H groups in total. The quantitative estimate of drug-likeness (QED) is 0.863. The summed E-state index contributed by atoms with van der Waals surface area (Å²) in [6.45, 7) is 1.01. The monoisotopic (exact) mass is 342 g/mol. The zero-order valence-corrected chi connectivity index (χ0v) is 14.0. The largest absolute Gasteiger partial charge is 0.333 e. The van der Waals surface area contributed by atoms with E-state index in [0.717, 1.165) is 24.5 Å². The highest BCUT2D eigenvalue weighted by Gasteiger charge is 2.23. The molecule has 7 nitrogen and oxygen atoms in total. The van der Waals surface area contributed by atoms with Crippen LogP contribution in [-0.4, -0.2) is 32.3 Å². The first-order valence-electron chi connectivity index (χ1n) is 8.63. The molecule has 132 valence electrons. The summed E-state index contributed by atoms with van der Waals surface area (Å²) in [5.41, 5.74) is -0.312. The van der Waals surface area contributed by atoms with Crippen molar-refractivity contribution in [3.63, 3.8) is 0 Å². The van der Waals surface area contributed by atoms with E-state index in [1.165, 1.54) is 19.3 Å². The van der Waals surface area contributed by atoms with E-state index in [9.17, 15) is 14.4 Å². The number of rotatable bonds is 5. The average molecular weight is 342 g/mol. The predicted molar refractivity (Wildman–Crippen MR) is 93.2 cm³/mol. The number of amides is 1. The Balaban J connectivity index is 1.84. The van der Waals surface area contributed by atoms with Crippen molar-refractivity contribution in [3.8, 4) is 0 Å². The van der Waals surface area contributed by atoms with Crippen molar-refractivity contribution < 1.29 is 4.79 Å². The fourth-order valence-electron chi connectivity index (χ4n) is 3.37. The molecule has 0 saturated heterocycles. The topological polar surface area (TPSA) is 98.9 Å². The standard InChI is InChI=1S/C18H22N4O3/c23-16-9-15(20-18(25)21-16)17(24)22(11-13-5-2-1-3-6-13)12-14-7-4-8-19-10-14/h4,7-10,13H,1-3,5-6,11-12H2,(H2,20,21,23,25). The molecule has 1 aliphatic carbocycles. The highest BCUT2D eigenvalue weighted by molar-refractivity contribution is 5.92. The molecular formula is C18H22N4O3. The minimum Gasteiger partial charge on any atom is -0.333 e. The predicted octanol–water partition coefficient (Wildman–Crippen LogP) is 1.68.